The molecule has 4 heterocycles. The topological polar surface area (TPSA) is 128 Å². The van der Waals surface area contributed by atoms with Crippen molar-refractivity contribution in [3.63, 3.8) is 0 Å². The normalized spacial score (nSPS) is 15.4. The van der Waals surface area contributed by atoms with Gasteiger partial charge < -0.3 is 15.0 Å². The fourth-order valence-electron chi connectivity index (χ4n) is 2.85. The lowest BCUT2D eigenvalue weighted by Gasteiger charge is -2.29. The number of rotatable bonds is 4. The summed E-state index contributed by atoms with van der Waals surface area (Å²) in [5.41, 5.74) is 0.586. The molecule has 144 valence electrons. The molecular weight excluding hydrogens is 364 g/mol. The van der Waals surface area contributed by atoms with Crippen molar-refractivity contribution in [3.8, 4) is 11.6 Å². The third kappa shape index (κ3) is 3.51. The fourth-order valence-corrected chi connectivity index (χ4v) is 2.85. The Morgan fingerprint density at radius 3 is 2.64 bits per heavy atom. The maximum Gasteiger partial charge on any atom is 0.272 e. The summed E-state index contributed by atoms with van der Waals surface area (Å²) in [5, 5.41) is 15.0. The number of hydrogen-bond acceptors (Lipinski definition) is 8. The molecule has 1 fully saturated rings. The van der Waals surface area contributed by atoms with Crippen LogP contribution in [0.15, 0.2) is 30.6 Å². The Hall–Kier alpha value is -3.47. The molecule has 1 atom stereocenters. The number of hydrogen-bond donors (Lipinski definition) is 1. The van der Waals surface area contributed by atoms with Crippen LogP contribution < -0.4 is 5.32 Å². The van der Waals surface area contributed by atoms with Gasteiger partial charge in [-0.25, -0.2) is 9.97 Å². The molecule has 0 radical (unpaired) electrons. The number of amides is 2. The number of nitrogens with one attached hydrogen (secondary N) is 1. The van der Waals surface area contributed by atoms with Gasteiger partial charge in [0.25, 0.3) is 5.91 Å². The molecule has 0 bridgehead atoms. The van der Waals surface area contributed by atoms with Crippen molar-refractivity contribution in [1.29, 1.82) is 0 Å². The predicted octanol–water partition coefficient (Wildman–Crippen LogP) is -0.442. The Labute approximate surface area is 159 Å². The Morgan fingerprint density at radius 1 is 1.14 bits per heavy atom. The standard InChI is InChI=1S/C17H18N8O3/c1-11(17(27)24-7-9-28-10-8-24)20-16(26)12-3-4-13-21-22-15(25(13)23-12)14-18-5-2-6-19-14/h2-6,11H,7-10H2,1H3,(H,20,26). The Bertz CT molecular complexity index is 1000. The van der Waals surface area contributed by atoms with Crippen LogP contribution in [0.25, 0.3) is 17.3 Å². The van der Waals surface area contributed by atoms with Crippen LogP contribution in [-0.2, 0) is 9.53 Å². The maximum atomic E-state index is 12.6. The predicted molar refractivity (Wildman–Crippen MR) is 96.1 cm³/mol. The van der Waals surface area contributed by atoms with E-state index in [0.717, 1.165) is 0 Å². The zero-order valence-corrected chi connectivity index (χ0v) is 15.1. The lowest BCUT2D eigenvalue weighted by molar-refractivity contribution is -0.136. The minimum atomic E-state index is -0.680. The second-order valence-electron chi connectivity index (χ2n) is 6.22. The van der Waals surface area contributed by atoms with Gasteiger partial charge in [0, 0.05) is 25.5 Å². The van der Waals surface area contributed by atoms with E-state index in [1.807, 2.05) is 0 Å². The van der Waals surface area contributed by atoms with Gasteiger partial charge in [-0.15, -0.1) is 10.2 Å². The third-order valence-electron chi connectivity index (χ3n) is 4.30. The summed E-state index contributed by atoms with van der Waals surface area (Å²) in [6.07, 6.45) is 3.16. The van der Waals surface area contributed by atoms with Crippen molar-refractivity contribution in [1.82, 2.24) is 40.0 Å². The molecule has 1 N–H and O–H groups in total. The number of fused-ring (bicyclic) bond motifs is 1. The zero-order valence-electron chi connectivity index (χ0n) is 15.1. The molecule has 0 saturated carbocycles. The highest BCUT2D eigenvalue weighted by atomic mass is 16.5. The summed E-state index contributed by atoms with van der Waals surface area (Å²) in [6.45, 7) is 3.69. The van der Waals surface area contributed by atoms with Gasteiger partial charge in [0.15, 0.2) is 11.5 Å². The molecule has 3 aromatic rings. The van der Waals surface area contributed by atoms with Gasteiger partial charge in [0.05, 0.1) is 13.2 Å². The average Bonchev–Trinajstić information content (AvgIpc) is 3.17. The highest BCUT2D eigenvalue weighted by molar-refractivity contribution is 5.96. The van der Waals surface area contributed by atoms with E-state index >= 15 is 0 Å². The summed E-state index contributed by atoms with van der Waals surface area (Å²) in [5.74, 6) is 0.0450. The van der Waals surface area contributed by atoms with E-state index in [2.05, 4.69) is 30.6 Å². The van der Waals surface area contributed by atoms with E-state index in [4.69, 9.17) is 4.74 Å². The van der Waals surface area contributed by atoms with Gasteiger partial charge in [0.1, 0.15) is 11.7 Å². The number of nitrogens with zero attached hydrogens (tertiary/aromatic N) is 7. The molecule has 11 heteroatoms. The molecule has 0 spiro atoms. The maximum absolute atomic E-state index is 12.6. The van der Waals surface area contributed by atoms with Crippen molar-refractivity contribution in [2.75, 3.05) is 26.3 Å². The van der Waals surface area contributed by atoms with E-state index in [1.165, 1.54) is 10.6 Å². The minimum Gasteiger partial charge on any atom is -0.378 e. The van der Waals surface area contributed by atoms with Gasteiger partial charge in [-0.2, -0.15) is 9.61 Å². The van der Waals surface area contributed by atoms with Crippen LogP contribution in [0.5, 0.6) is 0 Å². The highest BCUT2D eigenvalue weighted by Gasteiger charge is 2.25. The lowest BCUT2D eigenvalue weighted by Crippen LogP contribution is -2.50. The van der Waals surface area contributed by atoms with Crippen LogP contribution in [-0.4, -0.2) is 78.8 Å². The second kappa shape index (κ2) is 7.64. The molecule has 28 heavy (non-hydrogen) atoms. The van der Waals surface area contributed by atoms with Gasteiger partial charge in [-0.3, -0.25) is 9.59 Å². The summed E-state index contributed by atoms with van der Waals surface area (Å²) in [4.78, 5) is 35.0. The Balaban J connectivity index is 1.53. The molecule has 4 rings (SSSR count). The lowest BCUT2D eigenvalue weighted by atomic mass is 10.2. The zero-order chi connectivity index (χ0) is 19.5. The number of aromatic nitrogens is 6. The molecule has 2 amide bonds. The summed E-state index contributed by atoms with van der Waals surface area (Å²) in [6, 6.07) is 4.16. The monoisotopic (exact) mass is 382 g/mol. The van der Waals surface area contributed by atoms with Crippen LogP contribution in [0.1, 0.15) is 17.4 Å². The molecule has 1 unspecified atom stereocenters. The molecule has 3 aromatic heterocycles. The fraction of sp³-hybridized carbons (Fsp3) is 0.353. The van der Waals surface area contributed by atoms with E-state index < -0.39 is 11.9 Å². The van der Waals surface area contributed by atoms with E-state index in [1.54, 1.807) is 36.4 Å². The van der Waals surface area contributed by atoms with Gasteiger partial charge in [-0.1, -0.05) is 0 Å². The molecule has 0 aromatic carbocycles. The van der Waals surface area contributed by atoms with E-state index in [0.29, 0.717) is 43.6 Å². The van der Waals surface area contributed by atoms with Crippen molar-refractivity contribution >= 4 is 17.5 Å². The summed E-state index contributed by atoms with van der Waals surface area (Å²) < 4.78 is 6.65. The van der Waals surface area contributed by atoms with Gasteiger partial charge >= 0.3 is 0 Å². The van der Waals surface area contributed by atoms with E-state index in [-0.39, 0.29) is 11.6 Å². The van der Waals surface area contributed by atoms with Gasteiger partial charge in [0.2, 0.25) is 11.7 Å². The number of ether oxygens (including phenoxy) is 1. The first-order valence-corrected chi connectivity index (χ1v) is 8.81. The highest BCUT2D eigenvalue weighted by Crippen LogP contribution is 2.12. The summed E-state index contributed by atoms with van der Waals surface area (Å²) in [7, 11) is 0. The number of carbonyl (C=O) groups excluding carboxylic acids is 2. The Morgan fingerprint density at radius 2 is 1.89 bits per heavy atom. The average molecular weight is 382 g/mol. The quantitative estimate of drug-likeness (QED) is 0.643. The molecule has 1 aliphatic heterocycles. The van der Waals surface area contributed by atoms with Crippen LogP contribution in [0.2, 0.25) is 0 Å². The molecule has 1 aliphatic rings. The largest absolute Gasteiger partial charge is 0.378 e. The molecular formula is C17H18N8O3. The first kappa shape index (κ1) is 17.9. The van der Waals surface area contributed by atoms with Crippen molar-refractivity contribution in [2.45, 2.75) is 13.0 Å². The van der Waals surface area contributed by atoms with Crippen LogP contribution in [0.4, 0.5) is 0 Å². The van der Waals surface area contributed by atoms with E-state index in [9.17, 15) is 9.59 Å². The SMILES string of the molecule is CC(NC(=O)c1ccc2nnc(-c3ncccn3)n2n1)C(=O)N1CCOCC1. The summed E-state index contributed by atoms with van der Waals surface area (Å²) >= 11 is 0. The Kier molecular flexibility index (Phi) is 4.89. The molecule has 11 nitrogen and oxygen atoms in total. The van der Waals surface area contributed by atoms with Crippen molar-refractivity contribution < 1.29 is 14.3 Å². The number of morpholine rings is 1. The van der Waals surface area contributed by atoms with Crippen LogP contribution in [0, 0.1) is 0 Å². The van der Waals surface area contributed by atoms with Crippen LogP contribution in [0.3, 0.4) is 0 Å². The van der Waals surface area contributed by atoms with Crippen molar-refractivity contribution in [2.24, 2.45) is 0 Å². The first-order chi connectivity index (χ1) is 13.6. The first-order valence-electron chi connectivity index (χ1n) is 8.81. The third-order valence-corrected chi connectivity index (χ3v) is 4.30. The smallest absolute Gasteiger partial charge is 0.272 e. The van der Waals surface area contributed by atoms with Crippen LogP contribution >= 0.6 is 0 Å². The minimum absolute atomic E-state index is 0.131. The molecule has 1 saturated heterocycles. The van der Waals surface area contributed by atoms with Gasteiger partial charge in [-0.05, 0) is 25.1 Å². The second-order valence-corrected chi connectivity index (χ2v) is 6.22. The molecule has 0 aliphatic carbocycles. The number of carbonyl (C=O) groups is 2. The van der Waals surface area contributed by atoms with Crippen molar-refractivity contribution in [3.05, 3.63) is 36.3 Å².